The molecule has 2 heterocycles. The Morgan fingerprint density at radius 3 is 0.880 bits per heavy atom. The molecular formula is C83H100F2N2O4Sc. The van der Waals surface area contributed by atoms with E-state index in [0.717, 1.165) is 67.6 Å². The molecular weight excluding hydrogens is 1170 g/mol. The van der Waals surface area contributed by atoms with Gasteiger partial charge in [-0.1, -0.05) is 201 Å². The number of aromatic hydroxyl groups is 2. The molecule has 0 spiro atoms. The second-order valence-corrected chi connectivity index (χ2v) is 34.0. The van der Waals surface area contributed by atoms with Crippen molar-refractivity contribution in [3.8, 4) is 56.6 Å². The maximum atomic E-state index is 16.0. The van der Waals surface area contributed by atoms with Crippen molar-refractivity contribution in [3.63, 3.8) is 0 Å². The van der Waals surface area contributed by atoms with Crippen molar-refractivity contribution in [2.75, 3.05) is 13.2 Å². The van der Waals surface area contributed by atoms with Crippen LogP contribution in [0.5, 0.6) is 23.0 Å². The number of phenols is 2. The second-order valence-electron chi connectivity index (χ2n) is 34.0. The van der Waals surface area contributed by atoms with Crippen molar-refractivity contribution in [1.82, 2.24) is 9.13 Å². The summed E-state index contributed by atoms with van der Waals surface area (Å²) in [4.78, 5) is 0. The summed E-state index contributed by atoms with van der Waals surface area (Å²) in [5, 5.41) is 30.5. The number of fused-ring (bicyclic) bond motifs is 6. The van der Waals surface area contributed by atoms with Crippen LogP contribution in [0.4, 0.5) is 8.78 Å². The van der Waals surface area contributed by atoms with Crippen molar-refractivity contribution < 1.29 is 54.3 Å². The summed E-state index contributed by atoms with van der Waals surface area (Å²) in [5.41, 5.74) is 12.1. The number of benzene rings is 8. The fourth-order valence-corrected chi connectivity index (χ4v) is 14.1. The van der Waals surface area contributed by atoms with Gasteiger partial charge in [-0.3, -0.25) is 0 Å². The van der Waals surface area contributed by atoms with Crippen LogP contribution in [0.25, 0.3) is 77.2 Å². The maximum Gasteiger partial charge on any atom is 0.147 e. The van der Waals surface area contributed by atoms with Gasteiger partial charge in [0.25, 0.3) is 0 Å². The predicted molar refractivity (Wildman–Crippen MR) is 380 cm³/mol. The van der Waals surface area contributed by atoms with Crippen LogP contribution in [0, 0.1) is 22.5 Å². The van der Waals surface area contributed by atoms with Crippen molar-refractivity contribution >= 4 is 43.6 Å². The molecule has 0 amide bonds. The molecule has 10 aromatic rings. The van der Waals surface area contributed by atoms with Crippen LogP contribution in [-0.2, 0) is 58.3 Å². The maximum absolute atomic E-state index is 16.0. The monoisotopic (exact) mass is 1270 g/mol. The van der Waals surface area contributed by atoms with E-state index in [-0.39, 0.29) is 93.9 Å². The topological polar surface area (TPSA) is 68.8 Å². The van der Waals surface area contributed by atoms with Gasteiger partial charge in [-0.2, -0.15) is 0 Å². The van der Waals surface area contributed by atoms with Gasteiger partial charge >= 0.3 is 0 Å². The van der Waals surface area contributed by atoms with Gasteiger partial charge in [0.05, 0.1) is 46.7 Å². The molecule has 1 radical (unpaired) electrons. The Morgan fingerprint density at radius 2 is 0.620 bits per heavy atom. The first-order valence-corrected chi connectivity index (χ1v) is 32.8. The molecule has 8 aromatic carbocycles. The van der Waals surface area contributed by atoms with Crippen LogP contribution in [0.1, 0.15) is 205 Å². The number of hydrogen-bond acceptors (Lipinski definition) is 4. The summed E-state index contributed by atoms with van der Waals surface area (Å²) >= 11 is 0. The number of aromatic nitrogens is 2. The average molecular weight is 1270 g/mol. The summed E-state index contributed by atoms with van der Waals surface area (Å²) in [6.45, 7) is 49.4. The van der Waals surface area contributed by atoms with E-state index in [1.54, 1.807) is 12.1 Å². The van der Waals surface area contributed by atoms with Crippen molar-refractivity contribution in [2.45, 2.75) is 204 Å². The molecule has 0 fully saturated rings. The summed E-state index contributed by atoms with van der Waals surface area (Å²) in [7, 11) is 0. The van der Waals surface area contributed by atoms with Gasteiger partial charge in [0.2, 0.25) is 0 Å². The third-order valence-corrected chi connectivity index (χ3v) is 18.4. The third kappa shape index (κ3) is 14.2. The van der Waals surface area contributed by atoms with Gasteiger partial charge in [0, 0.05) is 76.1 Å². The molecule has 0 aliphatic heterocycles. The fourth-order valence-electron chi connectivity index (χ4n) is 14.1. The molecule has 10 rings (SSSR count). The number of ether oxygens (including phenoxy) is 2. The van der Waals surface area contributed by atoms with E-state index in [1.165, 1.54) is 46.5 Å². The normalized spacial score (nSPS) is 13.2. The summed E-state index contributed by atoms with van der Waals surface area (Å²) < 4.78 is 49.8. The Bertz CT molecular complexity index is 4010. The number of phenolic OH excluding ortho intramolecular Hbond substituents is 2. The number of nitrogens with zero attached hydrogens (tertiary/aromatic N) is 2. The first-order valence-electron chi connectivity index (χ1n) is 32.8. The third-order valence-electron chi connectivity index (χ3n) is 18.4. The second kappa shape index (κ2) is 24.6. The molecule has 9 heteroatoms. The predicted octanol–water partition coefficient (Wildman–Crippen LogP) is 23.4. The average Bonchev–Trinajstić information content (AvgIpc) is 1.57. The van der Waals surface area contributed by atoms with Crippen LogP contribution in [0.3, 0.4) is 0 Å². The molecule has 0 saturated heterocycles. The van der Waals surface area contributed by atoms with Gasteiger partial charge in [0.1, 0.15) is 34.6 Å². The van der Waals surface area contributed by atoms with E-state index in [0.29, 0.717) is 51.5 Å². The zero-order valence-electron chi connectivity index (χ0n) is 59.2. The van der Waals surface area contributed by atoms with Crippen molar-refractivity contribution in [2.24, 2.45) is 10.8 Å². The smallest absolute Gasteiger partial charge is 0.147 e. The number of rotatable bonds is 14. The van der Waals surface area contributed by atoms with Crippen molar-refractivity contribution in [3.05, 3.63) is 178 Å². The molecule has 0 aliphatic rings. The van der Waals surface area contributed by atoms with Crippen LogP contribution in [-0.4, -0.2) is 32.6 Å². The van der Waals surface area contributed by atoms with Gasteiger partial charge in [-0.15, -0.1) is 0 Å². The van der Waals surface area contributed by atoms with Gasteiger partial charge in [-0.25, -0.2) is 8.78 Å². The largest absolute Gasteiger partial charge is 0.505 e. The first kappa shape index (κ1) is 69.6. The van der Waals surface area contributed by atoms with Gasteiger partial charge in [-0.05, 0) is 174 Å². The van der Waals surface area contributed by atoms with Gasteiger partial charge in [0.15, 0.2) is 0 Å². The van der Waals surface area contributed by atoms with E-state index in [1.807, 2.05) is 12.1 Å². The van der Waals surface area contributed by atoms with E-state index < -0.39 is 11.6 Å². The Hall–Kier alpha value is -6.71. The quantitative estimate of drug-likeness (QED) is 0.106. The van der Waals surface area contributed by atoms with Crippen LogP contribution in [0.15, 0.2) is 133 Å². The minimum Gasteiger partial charge on any atom is -0.505 e. The summed E-state index contributed by atoms with van der Waals surface area (Å²) in [5.74, 6) is -0.0843. The Balaban J connectivity index is 0.00001000. The molecule has 2 aromatic heterocycles. The number of halogens is 2. The zero-order chi connectivity index (χ0) is 66.7. The van der Waals surface area contributed by atoms with E-state index in [4.69, 9.17) is 9.47 Å². The van der Waals surface area contributed by atoms with Crippen LogP contribution in [0.2, 0.25) is 0 Å². The molecule has 0 aliphatic carbocycles. The van der Waals surface area contributed by atoms with Crippen LogP contribution < -0.4 is 9.47 Å². The minimum absolute atomic E-state index is 0. The standard InChI is InChI=1S/C83H100F2N2O4.Sc/c1-76(2,3)48-82(19,20)54-38-64(74(88)70(44-54)86-66-40-50(78(7,8)9)24-30-58(66)59-31-25-51(41-67(59)86)79(10,11)12)62-46-56(84)28-34-72(62)90-36-23-37-91-73-35-29-57(85)47-63(73)65-39-55(83(21,22)49-77(4,5)6)45-71(75(65)89)87-68-42-52(80(13,14)15)26-32-60(68)61-33-27-53(43-69(61)87)81(16,17)18;/h24-35,38-47,88-89H,23,36-37,48-49H2,1-22H3;. The SMILES string of the molecule is CC(C)(C)CC(C)(C)c1cc(-c2cc(F)ccc2OCCCOc2ccc(F)cc2-c2cc(C(C)(C)CC(C)(C)C)cc(-n3c4cc(C(C)(C)C)ccc4c4ccc(C(C)(C)C)cc43)c2O)c(O)c(-n2c3cc(C(C)(C)C)ccc3c3ccc(C(C)(C)C)cc32)c1.[Sc]. The van der Waals surface area contributed by atoms with Gasteiger partial charge < -0.3 is 28.8 Å². The molecule has 0 atom stereocenters. The summed E-state index contributed by atoms with van der Waals surface area (Å²) in [6, 6.07) is 44.0. The molecule has 0 saturated carbocycles. The molecule has 0 bridgehead atoms. The summed E-state index contributed by atoms with van der Waals surface area (Å²) in [6.07, 6.45) is 2.06. The Kier molecular flexibility index (Phi) is 18.6. The molecule has 0 unspecified atom stereocenters. The fraction of sp³-hybridized carbons (Fsp3) is 0.422. The van der Waals surface area contributed by atoms with Crippen molar-refractivity contribution in [1.29, 1.82) is 0 Å². The minimum atomic E-state index is -0.462. The molecule has 483 valence electrons. The molecule has 6 nitrogen and oxygen atoms in total. The molecule has 92 heavy (non-hydrogen) atoms. The van der Waals surface area contributed by atoms with E-state index >= 15 is 8.78 Å². The number of hydrogen-bond donors (Lipinski definition) is 2. The Morgan fingerprint density at radius 1 is 0.337 bits per heavy atom. The first-order chi connectivity index (χ1) is 42.0. The molecule has 2 N–H and O–H groups in total. The van der Waals surface area contributed by atoms with E-state index in [2.05, 4.69) is 246 Å². The zero-order valence-corrected chi connectivity index (χ0v) is 61.0. The Labute approximate surface area is 566 Å². The van der Waals surface area contributed by atoms with Crippen LogP contribution >= 0.6 is 0 Å². The van der Waals surface area contributed by atoms with E-state index in [9.17, 15) is 10.2 Å².